The van der Waals surface area contributed by atoms with Gasteiger partial charge >= 0.3 is 0 Å². The SMILES string of the molecule is ClC1CCCCC1c1cncnc1. The van der Waals surface area contributed by atoms with E-state index in [1.165, 1.54) is 24.8 Å². The second kappa shape index (κ2) is 4.05. The molecule has 1 aromatic rings. The topological polar surface area (TPSA) is 25.8 Å². The number of aromatic nitrogens is 2. The van der Waals surface area contributed by atoms with Crippen LogP contribution in [0.5, 0.6) is 0 Å². The Labute approximate surface area is 83.4 Å². The van der Waals surface area contributed by atoms with Crippen LogP contribution in [0.25, 0.3) is 0 Å². The molecule has 1 aliphatic rings. The molecule has 13 heavy (non-hydrogen) atoms. The second-order valence-electron chi connectivity index (χ2n) is 3.58. The van der Waals surface area contributed by atoms with Gasteiger partial charge in [0.1, 0.15) is 6.33 Å². The van der Waals surface area contributed by atoms with E-state index in [0.29, 0.717) is 5.92 Å². The van der Waals surface area contributed by atoms with E-state index in [0.717, 1.165) is 6.42 Å². The molecule has 0 bridgehead atoms. The molecule has 1 fully saturated rings. The molecule has 1 aliphatic carbocycles. The van der Waals surface area contributed by atoms with Gasteiger partial charge in [-0.3, -0.25) is 0 Å². The normalized spacial score (nSPS) is 28.7. The summed E-state index contributed by atoms with van der Waals surface area (Å²) in [6.45, 7) is 0. The molecule has 2 unspecified atom stereocenters. The molecule has 2 rings (SSSR count). The van der Waals surface area contributed by atoms with Crippen molar-refractivity contribution in [3.05, 3.63) is 24.3 Å². The average molecular weight is 197 g/mol. The van der Waals surface area contributed by atoms with Crippen LogP contribution in [-0.2, 0) is 0 Å². The third-order valence-corrected chi connectivity index (χ3v) is 3.21. The molecule has 0 N–H and O–H groups in total. The minimum Gasteiger partial charge on any atom is -0.245 e. The van der Waals surface area contributed by atoms with Crippen LogP contribution in [0.1, 0.15) is 37.2 Å². The van der Waals surface area contributed by atoms with E-state index in [1.54, 1.807) is 6.33 Å². The number of hydrogen-bond acceptors (Lipinski definition) is 2. The summed E-state index contributed by atoms with van der Waals surface area (Å²) in [5, 5.41) is 0.278. The zero-order valence-electron chi connectivity index (χ0n) is 7.49. The third kappa shape index (κ3) is 1.99. The lowest BCUT2D eigenvalue weighted by Crippen LogP contribution is -2.17. The van der Waals surface area contributed by atoms with Crippen LogP contribution in [0.3, 0.4) is 0 Å². The van der Waals surface area contributed by atoms with E-state index >= 15 is 0 Å². The minimum absolute atomic E-state index is 0.278. The number of hydrogen-bond donors (Lipinski definition) is 0. The number of halogens is 1. The van der Waals surface area contributed by atoms with Gasteiger partial charge in [-0.1, -0.05) is 12.8 Å². The Morgan fingerprint density at radius 2 is 1.85 bits per heavy atom. The maximum atomic E-state index is 6.26. The first-order valence-electron chi connectivity index (χ1n) is 4.77. The summed E-state index contributed by atoms with van der Waals surface area (Å²) in [6, 6.07) is 0. The van der Waals surface area contributed by atoms with Crippen LogP contribution < -0.4 is 0 Å². The number of alkyl halides is 1. The van der Waals surface area contributed by atoms with E-state index in [2.05, 4.69) is 9.97 Å². The summed E-state index contributed by atoms with van der Waals surface area (Å²) in [6.07, 6.45) is 10.2. The highest BCUT2D eigenvalue weighted by atomic mass is 35.5. The van der Waals surface area contributed by atoms with Crippen molar-refractivity contribution >= 4 is 11.6 Å². The van der Waals surface area contributed by atoms with E-state index < -0.39 is 0 Å². The van der Waals surface area contributed by atoms with Gasteiger partial charge in [-0.15, -0.1) is 11.6 Å². The van der Waals surface area contributed by atoms with Crippen LogP contribution in [0.4, 0.5) is 0 Å². The van der Waals surface area contributed by atoms with Gasteiger partial charge in [-0.2, -0.15) is 0 Å². The molecule has 0 aromatic carbocycles. The summed E-state index contributed by atoms with van der Waals surface area (Å²) < 4.78 is 0. The predicted octanol–water partition coefficient (Wildman–Crippen LogP) is 2.74. The molecular weight excluding hydrogens is 184 g/mol. The van der Waals surface area contributed by atoms with Gasteiger partial charge in [-0.05, 0) is 18.4 Å². The molecule has 2 nitrogen and oxygen atoms in total. The summed E-state index contributed by atoms with van der Waals surface area (Å²) in [5.41, 5.74) is 1.20. The zero-order valence-corrected chi connectivity index (χ0v) is 8.24. The predicted molar refractivity (Wildman–Crippen MR) is 52.9 cm³/mol. The van der Waals surface area contributed by atoms with Crippen molar-refractivity contribution in [1.29, 1.82) is 0 Å². The van der Waals surface area contributed by atoms with Gasteiger partial charge in [-0.25, -0.2) is 9.97 Å². The Bertz CT molecular complexity index is 263. The first kappa shape index (κ1) is 8.95. The Balaban J connectivity index is 2.15. The molecule has 0 saturated heterocycles. The van der Waals surface area contributed by atoms with Crippen LogP contribution in [0.15, 0.2) is 18.7 Å². The molecule has 1 aromatic heterocycles. The first-order chi connectivity index (χ1) is 6.38. The molecule has 1 saturated carbocycles. The van der Waals surface area contributed by atoms with E-state index in [4.69, 9.17) is 11.6 Å². The molecule has 0 radical (unpaired) electrons. The second-order valence-corrected chi connectivity index (χ2v) is 4.14. The highest BCUT2D eigenvalue weighted by molar-refractivity contribution is 6.21. The maximum absolute atomic E-state index is 6.26. The Kier molecular flexibility index (Phi) is 2.79. The smallest absolute Gasteiger partial charge is 0.115 e. The van der Waals surface area contributed by atoms with Gasteiger partial charge in [0.15, 0.2) is 0 Å². The molecule has 3 heteroatoms. The minimum atomic E-state index is 0.278. The van der Waals surface area contributed by atoms with E-state index in [9.17, 15) is 0 Å². The lowest BCUT2D eigenvalue weighted by Gasteiger charge is -2.26. The average Bonchev–Trinajstić information content (AvgIpc) is 2.20. The van der Waals surface area contributed by atoms with Gasteiger partial charge < -0.3 is 0 Å². The quantitative estimate of drug-likeness (QED) is 0.646. The van der Waals surface area contributed by atoms with Gasteiger partial charge in [0.25, 0.3) is 0 Å². The lowest BCUT2D eigenvalue weighted by molar-refractivity contribution is 0.449. The van der Waals surface area contributed by atoms with Crippen molar-refractivity contribution < 1.29 is 0 Å². The Morgan fingerprint density at radius 1 is 1.15 bits per heavy atom. The van der Waals surface area contributed by atoms with Gasteiger partial charge in [0, 0.05) is 23.7 Å². The Morgan fingerprint density at radius 3 is 2.54 bits per heavy atom. The van der Waals surface area contributed by atoms with Crippen LogP contribution in [0.2, 0.25) is 0 Å². The highest BCUT2D eigenvalue weighted by Crippen LogP contribution is 2.35. The van der Waals surface area contributed by atoms with Crippen LogP contribution in [0, 0.1) is 0 Å². The third-order valence-electron chi connectivity index (χ3n) is 2.69. The molecule has 0 spiro atoms. The van der Waals surface area contributed by atoms with Gasteiger partial charge in [0.2, 0.25) is 0 Å². The molecule has 1 heterocycles. The fourth-order valence-electron chi connectivity index (χ4n) is 1.96. The molecule has 0 amide bonds. The van der Waals surface area contributed by atoms with Crippen molar-refractivity contribution in [3.63, 3.8) is 0 Å². The van der Waals surface area contributed by atoms with Gasteiger partial charge in [0.05, 0.1) is 0 Å². The first-order valence-corrected chi connectivity index (χ1v) is 5.20. The molecular formula is C10H13ClN2. The van der Waals surface area contributed by atoms with E-state index in [-0.39, 0.29) is 5.38 Å². The highest BCUT2D eigenvalue weighted by Gasteiger charge is 2.24. The van der Waals surface area contributed by atoms with Crippen LogP contribution >= 0.6 is 11.6 Å². The fourth-order valence-corrected chi connectivity index (χ4v) is 2.39. The van der Waals surface area contributed by atoms with Crippen molar-refractivity contribution in [1.82, 2.24) is 9.97 Å². The van der Waals surface area contributed by atoms with Crippen LogP contribution in [-0.4, -0.2) is 15.3 Å². The summed E-state index contributed by atoms with van der Waals surface area (Å²) >= 11 is 6.26. The van der Waals surface area contributed by atoms with Crippen molar-refractivity contribution in [2.45, 2.75) is 37.0 Å². The maximum Gasteiger partial charge on any atom is 0.115 e. The van der Waals surface area contributed by atoms with Crippen molar-refractivity contribution in [2.24, 2.45) is 0 Å². The van der Waals surface area contributed by atoms with Crippen molar-refractivity contribution in [3.8, 4) is 0 Å². The molecule has 70 valence electrons. The Hall–Kier alpha value is -0.630. The standard InChI is InChI=1S/C10H13ClN2/c11-10-4-2-1-3-9(10)8-5-12-7-13-6-8/h5-7,9-10H,1-4H2. The van der Waals surface area contributed by atoms with E-state index in [1.807, 2.05) is 12.4 Å². The zero-order chi connectivity index (χ0) is 9.10. The molecule has 0 aliphatic heterocycles. The number of rotatable bonds is 1. The number of nitrogens with zero attached hydrogens (tertiary/aromatic N) is 2. The monoisotopic (exact) mass is 196 g/mol. The van der Waals surface area contributed by atoms with Crippen molar-refractivity contribution in [2.75, 3.05) is 0 Å². The summed E-state index contributed by atoms with van der Waals surface area (Å²) in [5.74, 6) is 0.469. The largest absolute Gasteiger partial charge is 0.245 e. The fraction of sp³-hybridized carbons (Fsp3) is 0.600. The molecule has 2 atom stereocenters. The lowest BCUT2D eigenvalue weighted by atomic mass is 9.85. The summed E-state index contributed by atoms with van der Waals surface area (Å²) in [4.78, 5) is 8.05. The summed E-state index contributed by atoms with van der Waals surface area (Å²) in [7, 11) is 0.